The lowest BCUT2D eigenvalue weighted by atomic mass is 10.3. The summed E-state index contributed by atoms with van der Waals surface area (Å²) in [7, 11) is 0. The maximum atomic E-state index is 5.57. The molecule has 2 heterocycles. The van der Waals surface area contributed by atoms with Gasteiger partial charge in [0.2, 0.25) is 5.89 Å². The minimum absolute atomic E-state index is 0.432. The van der Waals surface area contributed by atoms with Gasteiger partial charge in [-0.05, 0) is 12.1 Å². The summed E-state index contributed by atoms with van der Waals surface area (Å²) >= 11 is 5.57. The number of halogens is 1. The SMILES string of the molecule is ClCCc1nnc(NCCc2ccccn2)o1. The number of anilines is 1. The molecule has 0 saturated carbocycles. The molecule has 0 saturated heterocycles. The van der Waals surface area contributed by atoms with Gasteiger partial charge < -0.3 is 9.73 Å². The van der Waals surface area contributed by atoms with Crippen molar-refractivity contribution in [3.05, 3.63) is 36.0 Å². The van der Waals surface area contributed by atoms with E-state index in [0.29, 0.717) is 30.8 Å². The number of aromatic nitrogens is 3. The molecule has 1 N–H and O–H groups in total. The van der Waals surface area contributed by atoms with Crippen molar-refractivity contribution in [3.8, 4) is 0 Å². The highest BCUT2D eigenvalue weighted by Crippen LogP contribution is 2.06. The Balaban J connectivity index is 1.78. The molecule has 0 atom stereocenters. The smallest absolute Gasteiger partial charge is 0.315 e. The topological polar surface area (TPSA) is 63.8 Å². The normalized spacial score (nSPS) is 10.4. The van der Waals surface area contributed by atoms with Crippen molar-refractivity contribution in [2.45, 2.75) is 12.8 Å². The van der Waals surface area contributed by atoms with Crippen LogP contribution in [0.3, 0.4) is 0 Å². The van der Waals surface area contributed by atoms with Crippen LogP contribution in [0.1, 0.15) is 11.6 Å². The number of alkyl halides is 1. The zero-order chi connectivity index (χ0) is 11.9. The van der Waals surface area contributed by atoms with E-state index in [-0.39, 0.29) is 0 Å². The number of nitrogens with one attached hydrogen (secondary N) is 1. The minimum atomic E-state index is 0.432. The van der Waals surface area contributed by atoms with E-state index in [1.165, 1.54) is 0 Å². The van der Waals surface area contributed by atoms with Gasteiger partial charge >= 0.3 is 6.01 Å². The van der Waals surface area contributed by atoms with Crippen molar-refractivity contribution in [3.63, 3.8) is 0 Å². The summed E-state index contributed by atoms with van der Waals surface area (Å²) in [6, 6.07) is 6.27. The second-order valence-electron chi connectivity index (χ2n) is 3.44. The Labute approximate surface area is 104 Å². The van der Waals surface area contributed by atoms with Crippen LogP contribution >= 0.6 is 11.6 Å². The molecule has 0 aliphatic carbocycles. The van der Waals surface area contributed by atoms with E-state index in [1.807, 2.05) is 18.2 Å². The second-order valence-corrected chi connectivity index (χ2v) is 3.82. The molecular weight excluding hydrogens is 240 g/mol. The van der Waals surface area contributed by atoms with Gasteiger partial charge in [0.1, 0.15) is 0 Å². The average molecular weight is 253 g/mol. The monoisotopic (exact) mass is 252 g/mol. The van der Waals surface area contributed by atoms with Crippen LogP contribution in [-0.2, 0) is 12.8 Å². The van der Waals surface area contributed by atoms with Crippen LogP contribution in [0.25, 0.3) is 0 Å². The minimum Gasteiger partial charge on any atom is -0.408 e. The Morgan fingerprint density at radius 3 is 2.94 bits per heavy atom. The summed E-state index contributed by atoms with van der Waals surface area (Å²) in [6.45, 7) is 0.708. The third kappa shape index (κ3) is 3.71. The lowest BCUT2D eigenvalue weighted by Gasteiger charge is -2.00. The van der Waals surface area contributed by atoms with Crippen LogP contribution in [-0.4, -0.2) is 27.6 Å². The summed E-state index contributed by atoms with van der Waals surface area (Å²) in [5, 5.41) is 10.8. The molecule has 6 heteroatoms. The van der Waals surface area contributed by atoms with Gasteiger partial charge in [-0.25, -0.2) is 0 Å². The fraction of sp³-hybridized carbons (Fsp3) is 0.364. The molecule has 2 aromatic heterocycles. The molecule has 0 aliphatic rings. The summed E-state index contributed by atoms with van der Waals surface area (Å²) in [4.78, 5) is 4.22. The summed E-state index contributed by atoms with van der Waals surface area (Å²) in [5.74, 6) is 1.04. The first-order valence-corrected chi connectivity index (χ1v) is 5.94. The van der Waals surface area contributed by atoms with Crippen molar-refractivity contribution in [1.82, 2.24) is 15.2 Å². The Morgan fingerprint density at radius 2 is 2.18 bits per heavy atom. The van der Waals surface area contributed by atoms with Crippen LogP contribution in [0.4, 0.5) is 6.01 Å². The van der Waals surface area contributed by atoms with Crippen LogP contribution in [0.5, 0.6) is 0 Å². The third-order valence-corrected chi connectivity index (χ3v) is 2.35. The highest BCUT2D eigenvalue weighted by molar-refractivity contribution is 6.17. The van der Waals surface area contributed by atoms with Crippen molar-refractivity contribution in [2.24, 2.45) is 0 Å². The molecule has 0 aromatic carbocycles. The molecule has 0 radical (unpaired) electrons. The fourth-order valence-electron chi connectivity index (χ4n) is 1.35. The van der Waals surface area contributed by atoms with Crippen molar-refractivity contribution in [1.29, 1.82) is 0 Å². The second kappa shape index (κ2) is 6.20. The lowest BCUT2D eigenvalue weighted by Crippen LogP contribution is -2.05. The molecule has 0 aliphatic heterocycles. The maximum Gasteiger partial charge on any atom is 0.315 e. The Kier molecular flexibility index (Phi) is 4.32. The van der Waals surface area contributed by atoms with Crippen molar-refractivity contribution in [2.75, 3.05) is 17.7 Å². The van der Waals surface area contributed by atoms with E-state index in [0.717, 1.165) is 12.1 Å². The van der Waals surface area contributed by atoms with E-state index in [4.69, 9.17) is 16.0 Å². The molecule has 90 valence electrons. The molecule has 0 fully saturated rings. The van der Waals surface area contributed by atoms with Crippen LogP contribution in [0.2, 0.25) is 0 Å². The van der Waals surface area contributed by atoms with Gasteiger partial charge in [0.15, 0.2) is 0 Å². The quantitative estimate of drug-likeness (QED) is 0.796. The fourth-order valence-corrected chi connectivity index (χ4v) is 1.51. The first kappa shape index (κ1) is 11.9. The molecule has 2 aromatic rings. The number of aryl methyl sites for hydroxylation is 1. The number of rotatable bonds is 6. The van der Waals surface area contributed by atoms with Gasteiger partial charge in [-0.15, -0.1) is 16.7 Å². The molecule has 2 rings (SSSR count). The summed E-state index contributed by atoms with van der Waals surface area (Å²) in [5.41, 5.74) is 1.03. The molecule has 0 spiro atoms. The van der Waals surface area contributed by atoms with Crippen LogP contribution in [0.15, 0.2) is 28.8 Å². The van der Waals surface area contributed by atoms with E-state index in [1.54, 1.807) is 6.20 Å². The number of pyridine rings is 1. The zero-order valence-corrected chi connectivity index (χ0v) is 10.0. The molecule has 0 bridgehead atoms. The highest BCUT2D eigenvalue weighted by atomic mass is 35.5. The summed E-state index contributed by atoms with van der Waals surface area (Å²) in [6.07, 6.45) is 3.19. The summed E-state index contributed by atoms with van der Waals surface area (Å²) < 4.78 is 5.32. The Hall–Kier alpha value is -1.62. The predicted octanol–water partition coefficient (Wildman–Crippen LogP) is 1.90. The highest BCUT2D eigenvalue weighted by Gasteiger charge is 2.04. The van der Waals surface area contributed by atoms with E-state index in [2.05, 4.69) is 20.5 Å². The predicted molar refractivity (Wildman–Crippen MR) is 65.2 cm³/mol. The number of nitrogens with zero attached hydrogens (tertiary/aromatic N) is 3. The Morgan fingerprint density at radius 1 is 1.24 bits per heavy atom. The van der Waals surface area contributed by atoms with Crippen molar-refractivity contribution < 1.29 is 4.42 Å². The van der Waals surface area contributed by atoms with Gasteiger partial charge in [-0.1, -0.05) is 11.2 Å². The van der Waals surface area contributed by atoms with E-state index < -0.39 is 0 Å². The molecule has 0 amide bonds. The Bertz CT molecular complexity index is 446. The molecule has 0 unspecified atom stereocenters. The lowest BCUT2D eigenvalue weighted by molar-refractivity contribution is 0.512. The van der Waals surface area contributed by atoms with Gasteiger partial charge in [0, 0.05) is 37.2 Å². The van der Waals surface area contributed by atoms with E-state index >= 15 is 0 Å². The van der Waals surface area contributed by atoms with Gasteiger partial charge in [0.25, 0.3) is 0 Å². The van der Waals surface area contributed by atoms with E-state index in [9.17, 15) is 0 Å². The van der Waals surface area contributed by atoms with Gasteiger partial charge in [0.05, 0.1) is 0 Å². The largest absolute Gasteiger partial charge is 0.408 e. The van der Waals surface area contributed by atoms with Crippen molar-refractivity contribution >= 4 is 17.6 Å². The first-order chi connectivity index (χ1) is 8.38. The number of hydrogen-bond donors (Lipinski definition) is 1. The maximum absolute atomic E-state index is 5.57. The average Bonchev–Trinajstić information content (AvgIpc) is 2.79. The zero-order valence-electron chi connectivity index (χ0n) is 9.27. The first-order valence-electron chi connectivity index (χ1n) is 5.40. The standard InChI is InChI=1S/C11H13ClN4O/c12-6-4-10-15-16-11(17-10)14-8-5-9-3-1-2-7-13-9/h1-3,7H,4-6,8H2,(H,14,16). The van der Waals surface area contributed by atoms with Gasteiger partial charge in [-0.2, -0.15) is 0 Å². The molecule has 5 nitrogen and oxygen atoms in total. The third-order valence-electron chi connectivity index (χ3n) is 2.16. The molecular formula is C11H13ClN4O. The van der Waals surface area contributed by atoms with Crippen LogP contribution < -0.4 is 5.32 Å². The van der Waals surface area contributed by atoms with Gasteiger partial charge in [-0.3, -0.25) is 4.98 Å². The number of hydrogen-bond acceptors (Lipinski definition) is 5. The molecule has 17 heavy (non-hydrogen) atoms. The van der Waals surface area contributed by atoms with Crippen LogP contribution in [0, 0.1) is 0 Å².